The Morgan fingerprint density at radius 3 is 2.65 bits per heavy atom. The molecule has 0 radical (unpaired) electrons. The van der Waals surface area contributed by atoms with E-state index < -0.39 is 0 Å². The van der Waals surface area contributed by atoms with E-state index in [9.17, 15) is 9.90 Å². The van der Waals surface area contributed by atoms with Crippen LogP contribution in [0.25, 0.3) is 0 Å². The lowest BCUT2D eigenvalue weighted by atomic mass is 10.0. The second-order valence-electron chi connectivity index (χ2n) is 5.45. The first kappa shape index (κ1) is 15.0. The predicted molar refractivity (Wildman–Crippen MR) is 83.6 cm³/mol. The van der Waals surface area contributed by atoms with Gasteiger partial charge in [0.05, 0.1) is 6.04 Å². The third kappa shape index (κ3) is 3.79. The summed E-state index contributed by atoms with van der Waals surface area (Å²) in [6.07, 6.45) is 1.67. The smallest absolute Gasteiger partial charge is 0.261 e. The molecule has 4 heteroatoms. The zero-order chi connectivity index (χ0) is 14.5. The molecular weight excluding hydrogens is 270 g/mol. The van der Waals surface area contributed by atoms with Crippen LogP contribution in [0.3, 0.4) is 0 Å². The van der Waals surface area contributed by atoms with Crippen molar-refractivity contribution in [1.29, 1.82) is 0 Å². The van der Waals surface area contributed by atoms with Gasteiger partial charge in [0.15, 0.2) is 0 Å². The number of carbonyl (C=O) groups is 1. The molecule has 2 N–H and O–H groups in total. The van der Waals surface area contributed by atoms with Gasteiger partial charge in [-0.15, -0.1) is 11.8 Å². The molecule has 1 aliphatic rings. The van der Waals surface area contributed by atoms with E-state index in [2.05, 4.69) is 31.3 Å². The second-order valence-corrected chi connectivity index (χ2v) is 6.56. The van der Waals surface area contributed by atoms with Gasteiger partial charge in [-0.3, -0.25) is 4.79 Å². The molecule has 1 atom stereocenters. The van der Waals surface area contributed by atoms with Gasteiger partial charge in [0.25, 0.3) is 5.91 Å². The highest BCUT2D eigenvalue weighted by Crippen LogP contribution is 2.29. The van der Waals surface area contributed by atoms with Crippen LogP contribution in [0.1, 0.15) is 25.8 Å². The third-order valence-corrected chi connectivity index (χ3v) is 4.35. The Hall–Kier alpha value is -1.42. The van der Waals surface area contributed by atoms with Crippen LogP contribution in [0.4, 0.5) is 0 Å². The molecule has 1 aromatic rings. The topological polar surface area (TPSA) is 49.3 Å². The Kier molecular flexibility index (Phi) is 5.12. The Morgan fingerprint density at radius 1 is 1.30 bits per heavy atom. The molecule has 2 rings (SSSR count). The molecule has 0 saturated carbocycles. The lowest BCUT2D eigenvalue weighted by Gasteiger charge is -2.12. The molecule has 20 heavy (non-hydrogen) atoms. The number of benzene rings is 1. The molecule has 0 fully saturated rings. The van der Waals surface area contributed by atoms with E-state index in [1.54, 1.807) is 0 Å². The van der Waals surface area contributed by atoms with Crippen LogP contribution in [0.15, 0.2) is 41.0 Å². The number of carbonyl (C=O) groups excluding carboxylic acids is 1. The van der Waals surface area contributed by atoms with Crippen molar-refractivity contribution in [2.45, 2.75) is 32.7 Å². The van der Waals surface area contributed by atoms with E-state index in [1.165, 1.54) is 17.3 Å². The number of aliphatic hydroxyl groups excluding tert-OH is 1. The summed E-state index contributed by atoms with van der Waals surface area (Å²) in [5.74, 6) is 1.33. The molecular formula is C16H21NO2S. The van der Waals surface area contributed by atoms with Gasteiger partial charge >= 0.3 is 0 Å². The van der Waals surface area contributed by atoms with Crippen molar-refractivity contribution in [2.75, 3.05) is 5.75 Å². The first-order chi connectivity index (χ1) is 9.58. The zero-order valence-corrected chi connectivity index (χ0v) is 12.7. The molecule has 0 spiro atoms. The number of rotatable bonds is 6. The van der Waals surface area contributed by atoms with Gasteiger partial charge < -0.3 is 10.4 Å². The maximum Gasteiger partial charge on any atom is 0.261 e. The summed E-state index contributed by atoms with van der Waals surface area (Å²) in [6, 6.07) is 9.96. The van der Waals surface area contributed by atoms with E-state index in [0.29, 0.717) is 10.8 Å². The van der Waals surface area contributed by atoms with Crippen molar-refractivity contribution in [3.63, 3.8) is 0 Å². The largest absolute Gasteiger partial charge is 0.509 e. The quantitative estimate of drug-likeness (QED) is 0.845. The highest BCUT2D eigenvalue weighted by atomic mass is 32.2. The number of aliphatic hydroxyl groups is 1. The van der Waals surface area contributed by atoms with Gasteiger partial charge in [0.2, 0.25) is 0 Å². The van der Waals surface area contributed by atoms with Crippen molar-refractivity contribution in [2.24, 2.45) is 5.92 Å². The first-order valence-corrected chi connectivity index (χ1v) is 7.97. The normalized spacial score (nSPS) is 18.8. The molecule has 1 aliphatic heterocycles. The second kappa shape index (κ2) is 6.84. The van der Waals surface area contributed by atoms with Crippen LogP contribution < -0.4 is 5.32 Å². The van der Waals surface area contributed by atoms with Crippen molar-refractivity contribution in [3.05, 3.63) is 46.6 Å². The minimum absolute atomic E-state index is 0.133. The fourth-order valence-corrected chi connectivity index (χ4v) is 3.29. The summed E-state index contributed by atoms with van der Waals surface area (Å²) in [5, 5.41) is 13.0. The molecule has 1 aromatic carbocycles. The minimum atomic E-state index is -0.207. The highest BCUT2D eigenvalue weighted by molar-refractivity contribution is 8.04. The van der Waals surface area contributed by atoms with Crippen LogP contribution >= 0.6 is 11.8 Å². The third-order valence-electron chi connectivity index (χ3n) is 3.26. The molecule has 0 bridgehead atoms. The van der Waals surface area contributed by atoms with Crippen LogP contribution in [0.2, 0.25) is 0 Å². The van der Waals surface area contributed by atoms with Crippen LogP contribution in [-0.4, -0.2) is 22.8 Å². The summed E-state index contributed by atoms with van der Waals surface area (Å²) in [5.41, 5.74) is 1.25. The number of hydrogen-bond donors (Lipinski definition) is 2. The van der Waals surface area contributed by atoms with E-state index >= 15 is 0 Å². The number of amides is 1. The number of nitrogens with one attached hydrogen (secondary N) is 1. The monoisotopic (exact) mass is 291 g/mol. The van der Waals surface area contributed by atoms with Gasteiger partial charge in [0, 0.05) is 5.75 Å². The lowest BCUT2D eigenvalue weighted by molar-refractivity contribution is -0.116. The van der Waals surface area contributed by atoms with E-state index in [4.69, 9.17) is 0 Å². The number of hydrogen-bond acceptors (Lipinski definition) is 3. The highest BCUT2D eigenvalue weighted by Gasteiger charge is 2.31. The van der Waals surface area contributed by atoms with Gasteiger partial charge in [-0.05, 0) is 24.3 Å². The Morgan fingerprint density at radius 2 is 2.00 bits per heavy atom. The molecule has 1 unspecified atom stereocenters. The fourth-order valence-electron chi connectivity index (χ4n) is 2.26. The summed E-state index contributed by atoms with van der Waals surface area (Å²) >= 11 is 1.44. The number of thioether (sulfide) groups is 1. The predicted octanol–water partition coefficient (Wildman–Crippen LogP) is 3.28. The van der Waals surface area contributed by atoms with E-state index in [1.807, 2.05) is 18.2 Å². The lowest BCUT2D eigenvalue weighted by Crippen LogP contribution is -2.30. The van der Waals surface area contributed by atoms with Crippen LogP contribution in [0, 0.1) is 5.92 Å². The van der Waals surface area contributed by atoms with Crippen molar-refractivity contribution < 1.29 is 9.90 Å². The molecule has 0 saturated heterocycles. The Balaban J connectivity index is 1.91. The van der Waals surface area contributed by atoms with Crippen molar-refractivity contribution in [3.8, 4) is 0 Å². The average Bonchev–Trinajstić information content (AvgIpc) is 2.67. The standard InChI is InChI=1S/C16H21NO2S/c1-11(2)10-13-14(18)15(16(19)17-13)20-9-8-12-6-4-3-5-7-12/h3-7,11,13,18H,8-10H2,1-2H3,(H,17,19). The minimum Gasteiger partial charge on any atom is -0.509 e. The Labute approximate surface area is 124 Å². The molecule has 0 aliphatic carbocycles. The molecule has 3 nitrogen and oxygen atoms in total. The van der Waals surface area contributed by atoms with Gasteiger partial charge in [0.1, 0.15) is 10.7 Å². The molecule has 0 aromatic heterocycles. The van der Waals surface area contributed by atoms with E-state index in [-0.39, 0.29) is 17.7 Å². The zero-order valence-electron chi connectivity index (χ0n) is 11.9. The summed E-state index contributed by atoms with van der Waals surface area (Å²) in [6.45, 7) is 4.17. The maximum absolute atomic E-state index is 11.9. The first-order valence-electron chi connectivity index (χ1n) is 6.98. The molecule has 1 heterocycles. The number of aryl methyl sites for hydroxylation is 1. The molecule has 1 amide bonds. The summed E-state index contributed by atoms with van der Waals surface area (Å²) in [7, 11) is 0. The van der Waals surface area contributed by atoms with Gasteiger partial charge in [-0.2, -0.15) is 0 Å². The van der Waals surface area contributed by atoms with Crippen molar-refractivity contribution >= 4 is 17.7 Å². The van der Waals surface area contributed by atoms with E-state index in [0.717, 1.165) is 18.6 Å². The van der Waals surface area contributed by atoms with Crippen LogP contribution in [0.5, 0.6) is 0 Å². The summed E-state index contributed by atoms with van der Waals surface area (Å²) < 4.78 is 0. The van der Waals surface area contributed by atoms with Gasteiger partial charge in [-0.25, -0.2) is 0 Å². The molecule has 108 valence electrons. The summed E-state index contributed by atoms with van der Waals surface area (Å²) in [4.78, 5) is 12.4. The SMILES string of the molecule is CC(C)CC1NC(=O)C(SCCc2ccccc2)=C1O. The van der Waals surface area contributed by atoms with Crippen LogP contribution in [-0.2, 0) is 11.2 Å². The average molecular weight is 291 g/mol. The maximum atomic E-state index is 11.9. The Bertz CT molecular complexity index is 496. The fraction of sp³-hybridized carbons (Fsp3) is 0.438. The van der Waals surface area contributed by atoms with Crippen molar-refractivity contribution in [1.82, 2.24) is 5.32 Å². The van der Waals surface area contributed by atoms with Gasteiger partial charge in [-0.1, -0.05) is 44.2 Å².